The molecular weight excluding hydrogens is 418 g/mol. The minimum Gasteiger partial charge on any atom is -0.367 e. The third kappa shape index (κ3) is 5.37. The highest BCUT2D eigenvalue weighted by molar-refractivity contribution is 5.96. The lowest BCUT2D eigenvalue weighted by atomic mass is 9.89. The molecule has 1 atom stereocenters. The lowest BCUT2D eigenvalue weighted by molar-refractivity contribution is -0.0406. The molecule has 1 heterocycles. The fourth-order valence-electron chi connectivity index (χ4n) is 4.50. The van der Waals surface area contributed by atoms with Crippen LogP contribution in [0.2, 0.25) is 0 Å². The first kappa shape index (κ1) is 23.7. The zero-order valence-corrected chi connectivity index (χ0v) is 20.1. The van der Waals surface area contributed by atoms with E-state index < -0.39 is 5.72 Å². The molecule has 174 valence electrons. The fraction of sp³-hybridized carbons (Fsp3) is 0.258. The van der Waals surface area contributed by atoms with Crippen molar-refractivity contribution in [1.29, 1.82) is 0 Å². The topological polar surface area (TPSA) is 40.5 Å². The van der Waals surface area contributed by atoms with Crippen LogP contribution in [-0.2, 0) is 0 Å². The number of aryl methyl sites for hydroxylation is 1. The Kier molecular flexibility index (Phi) is 7.44. The summed E-state index contributed by atoms with van der Waals surface area (Å²) in [6.07, 6.45) is 6.91. The summed E-state index contributed by atoms with van der Waals surface area (Å²) in [7, 11) is 0. The van der Waals surface area contributed by atoms with Gasteiger partial charge in [-0.1, -0.05) is 104 Å². The Bertz CT molecular complexity index is 1160. The third-order valence-corrected chi connectivity index (χ3v) is 6.45. The number of ketones is 1. The molecule has 0 radical (unpaired) electrons. The lowest BCUT2D eigenvalue weighted by Crippen LogP contribution is -2.48. The van der Waals surface area contributed by atoms with Crippen LogP contribution in [0.4, 0.5) is 0 Å². The SMILES string of the molecule is CCCCC1(O)C=C(c2ccccc2)C=C(c2ccccc2)N1CCC(=O)c1ccc(C)cc1. The Morgan fingerprint density at radius 1 is 0.882 bits per heavy atom. The summed E-state index contributed by atoms with van der Waals surface area (Å²) in [5.74, 6) is 0.0862. The molecule has 3 nitrogen and oxygen atoms in total. The van der Waals surface area contributed by atoms with Crippen molar-refractivity contribution in [3.8, 4) is 0 Å². The van der Waals surface area contributed by atoms with Crippen molar-refractivity contribution in [2.45, 2.75) is 45.3 Å². The van der Waals surface area contributed by atoms with Gasteiger partial charge in [0, 0.05) is 24.2 Å². The molecule has 0 saturated carbocycles. The number of hydrogen-bond acceptors (Lipinski definition) is 3. The predicted molar refractivity (Wildman–Crippen MR) is 140 cm³/mol. The number of nitrogens with zero attached hydrogens (tertiary/aromatic N) is 1. The molecular formula is C31H33NO2. The number of allylic oxidation sites excluding steroid dienone is 2. The van der Waals surface area contributed by atoms with E-state index in [1.54, 1.807) is 0 Å². The maximum Gasteiger partial charge on any atom is 0.164 e. The molecule has 34 heavy (non-hydrogen) atoms. The number of carbonyl (C=O) groups excluding carboxylic acids is 1. The van der Waals surface area contributed by atoms with E-state index >= 15 is 0 Å². The van der Waals surface area contributed by atoms with Gasteiger partial charge in [0.15, 0.2) is 11.5 Å². The van der Waals surface area contributed by atoms with E-state index in [0.29, 0.717) is 24.9 Å². The van der Waals surface area contributed by atoms with Crippen LogP contribution >= 0.6 is 0 Å². The monoisotopic (exact) mass is 451 g/mol. The van der Waals surface area contributed by atoms with Gasteiger partial charge in [0.2, 0.25) is 0 Å². The van der Waals surface area contributed by atoms with Gasteiger partial charge >= 0.3 is 0 Å². The number of unbranched alkanes of at least 4 members (excludes halogenated alkanes) is 1. The van der Waals surface area contributed by atoms with Gasteiger partial charge in [0.05, 0.1) is 0 Å². The second-order valence-corrected chi connectivity index (χ2v) is 9.03. The first-order valence-corrected chi connectivity index (χ1v) is 12.2. The number of carbonyl (C=O) groups is 1. The largest absolute Gasteiger partial charge is 0.367 e. The van der Waals surface area contributed by atoms with E-state index in [1.165, 1.54) is 0 Å². The van der Waals surface area contributed by atoms with Crippen LogP contribution in [0.3, 0.4) is 0 Å². The predicted octanol–water partition coefficient (Wildman–Crippen LogP) is 6.89. The molecule has 3 aromatic rings. The van der Waals surface area contributed by atoms with Gasteiger partial charge in [-0.25, -0.2) is 0 Å². The van der Waals surface area contributed by atoms with Gasteiger partial charge in [0.1, 0.15) is 0 Å². The van der Waals surface area contributed by atoms with Crippen LogP contribution in [0, 0.1) is 6.92 Å². The molecule has 0 aromatic heterocycles. The summed E-state index contributed by atoms with van der Waals surface area (Å²) in [5, 5.41) is 12.0. The van der Waals surface area contributed by atoms with Crippen molar-refractivity contribution in [3.63, 3.8) is 0 Å². The Balaban J connectivity index is 1.71. The van der Waals surface area contributed by atoms with Gasteiger partial charge in [-0.05, 0) is 48.6 Å². The van der Waals surface area contributed by atoms with Gasteiger partial charge in [0.25, 0.3) is 0 Å². The van der Waals surface area contributed by atoms with Crippen molar-refractivity contribution in [2.75, 3.05) is 6.54 Å². The summed E-state index contributed by atoms with van der Waals surface area (Å²) in [6.45, 7) is 4.59. The molecule has 0 amide bonds. The maximum atomic E-state index is 13.0. The molecule has 0 bridgehead atoms. The second kappa shape index (κ2) is 10.7. The van der Waals surface area contributed by atoms with E-state index in [2.05, 4.69) is 37.3 Å². The number of benzene rings is 3. The minimum atomic E-state index is -1.17. The Morgan fingerprint density at radius 3 is 2.12 bits per heavy atom. The van der Waals surface area contributed by atoms with Crippen molar-refractivity contribution in [2.24, 2.45) is 0 Å². The highest BCUT2D eigenvalue weighted by Gasteiger charge is 2.37. The van der Waals surface area contributed by atoms with E-state index in [4.69, 9.17) is 0 Å². The molecule has 3 heteroatoms. The Hall–Kier alpha value is -3.43. The zero-order chi connectivity index (χ0) is 24.0. The van der Waals surface area contributed by atoms with Gasteiger partial charge in [-0.2, -0.15) is 0 Å². The number of rotatable bonds is 9. The van der Waals surface area contributed by atoms with Crippen LogP contribution < -0.4 is 0 Å². The highest BCUT2D eigenvalue weighted by atomic mass is 16.3. The van der Waals surface area contributed by atoms with Gasteiger partial charge in [-0.15, -0.1) is 0 Å². The van der Waals surface area contributed by atoms with Gasteiger partial charge in [-0.3, -0.25) is 4.79 Å². The van der Waals surface area contributed by atoms with Crippen LogP contribution in [0.5, 0.6) is 0 Å². The quantitative estimate of drug-likeness (QED) is 0.360. The van der Waals surface area contributed by atoms with Crippen molar-refractivity contribution in [3.05, 3.63) is 119 Å². The normalized spacial score (nSPS) is 17.8. The van der Waals surface area contributed by atoms with Crippen LogP contribution in [0.15, 0.2) is 97.1 Å². The maximum absolute atomic E-state index is 13.0. The number of Topliss-reactive ketones (excluding diaryl/α,β-unsaturated/α-hetero) is 1. The smallest absolute Gasteiger partial charge is 0.164 e. The van der Waals surface area contributed by atoms with E-state index in [-0.39, 0.29) is 5.78 Å². The molecule has 1 N–H and O–H groups in total. The average molecular weight is 452 g/mol. The molecule has 1 aliphatic rings. The summed E-state index contributed by atoms with van der Waals surface area (Å²) in [5.41, 5.74) is 4.72. The highest BCUT2D eigenvalue weighted by Crippen LogP contribution is 2.39. The molecule has 0 saturated heterocycles. The Labute approximate surface area is 203 Å². The molecule has 3 aromatic carbocycles. The van der Waals surface area contributed by atoms with Crippen molar-refractivity contribution < 1.29 is 9.90 Å². The van der Waals surface area contributed by atoms with Gasteiger partial charge < -0.3 is 10.0 Å². The Morgan fingerprint density at radius 2 is 1.50 bits per heavy atom. The standard InChI is InChI=1S/C31H33NO2/c1-3-4-20-31(34)23-28(25-11-7-5-8-12-25)22-29(26-13-9-6-10-14-26)32(31)21-19-30(33)27-17-15-24(2)16-18-27/h5-18,22-23,34H,3-4,19-21H2,1-2H3. The van der Waals surface area contributed by atoms with Crippen molar-refractivity contribution in [1.82, 2.24) is 4.90 Å². The minimum absolute atomic E-state index is 0.0862. The third-order valence-electron chi connectivity index (χ3n) is 6.45. The van der Waals surface area contributed by atoms with Crippen molar-refractivity contribution >= 4 is 17.1 Å². The number of aliphatic hydroxyl groups is 1. The van der Waals surface area contributed by atoms with Crippen LogP contribution in [-0.4, -0.2) is 28.1 Å². The van der Waals surface area contributed by atoms with E-state index in [9.17, 15) is 9.90 Å². The van der Waals surface area contributed by atoms with Crippen LogP contribution in [0.1, 0.15) is 59.7 Å². The molecule has 0 aliphatic carbocycles. The molecule has 4 rings (SSSR count). The second-order valence-electron chi connectivity index (χ2n) is 9.03. The summed E-state index contributed by atoms with van der Waals surface area (Å²) < 4.78 is 0. The molecule has 0 spiro atoms. The number of hydrogen-bond donors (Lipinski definition) is 1. The lowest BCUT2D eigenvalue weighted by Gasteiger charge is -2.44. The summed E-state index contributed by atoms with van der Waals surface area (Å²) in [6, 6.07) is 28.0. The average Bonchev–Trinajstić information content (AvgIpc) is 2.87. The molecule has 1 aliphatic heterocycles. The molecule has 0 fully saturated rings. The van der Waals surface area contributed by atoms with E-state index in [1.807, 2.05) is 78.6 Å². The van der Waals surface area contributed by atoms with E-state index in [0.717, 1.165) is 40.8 Å². The van der Waals surface area contributed by atoms with Crippen LogP contribution in [0.25, 0.3) is 11.3 Å². The summed E-state index contributed by atoms with van der Waals surface area (Å²) in [4.78, 5) is 15.0. The fourth-order valence-corrected chi connectivity index (χ4v) is 4.50. The zero-order valence-electron chi connectivity index (χ0n) is 20.1. The first-order chi connectivity index (χ1) is 16.5. The summed E-state index contributed by atoms with van der Waals surface area (Å²) >= 11 is 0. The first-order valence-electron chi connectivity index (χ1n) is 12.2. The molecule has 1 unspecified atom stereocenters.